The molecule has 0 radical (unpaired) electrons. The molecule has 1 aromatic heterocycles. The zero-order valence-electron chi connectivity index (χ0n) is 9.24. The van der Waals surface area contributed by atoms with Gasteiger partial charge < -0.3 is 9.73 Å². The van der Waals surface area contributed by atoms with Crippen molar-refractivity contribution < 1.29 is 9.21 Å². The van der Waals surface area contributed by atoms with E-state index in [0.29, 0.717) is 22.9 Å². The van der Waals surface area contributed by atoms with Crippen LogP contribution in [0.15, 0.2) is 35.1 Å². The molecule has 0 atom stereocenters. The highest BCUT2D eigenvalue weighted by Crippen LogP contribution is 2.10. The number of hydrogen-bond donors (Lipinski definition) is 1. The zero-order valence-corrected chi connectivity index (χ0v) is 9.99. The van der Waals surface area contributed by atoms with E-state index in [2.05, 4.69) is 10.3 Å². The van der Waals surface area contributed by atoms with Crippen molar-refractivity contribution >= 4 is 17.5 Å². The molecule has 1 heterocycles. The van der Waals surface area contributed by atoms with Crippen molar-refractivity contribution in [2.75, 3.05) is 0 Å². The van der Waals surface area contributed by atoms with Crippen LogP contribution in [0.1, 0.15) is 21.8 Å². The van der Waals surface area contributed by atoms with Gasteiger partial charge in [-0.2, -0.15) is 0 Å². The van der Waals surface area contributed by atoms with E-state index in [9.17, 15) is 4.79 Å². The SMILES string of the molecule is Cc1ncoc1CNC(=O)c1ccc(Cl)cc1. The Morgan fingerprint density at radius 2 is 2.12 bits per heavy atom. The van der Waals surface area contributed by atoms with Gasteiger partial charge in [-0.15, -0.1) is 0 Å². The standard InChI is InChI=1S/C12H11ClN2O2/c1-8-11(17-7-15-8)6-14-12(16)9-2-4-10(13)5-3-9/h2-5,7H,6H2,1H3,(H,14,16). The normalized spacial score (nSPS) is 10.2. The van der Waals surface area contributed by atoms with Gasteiger partial charge >= 0.3 is 0 Å². The monoisotopic (exact) mass is 250 g/mol. The summed E-state index contributed by atoms with van der Waals surface area (Å²) in [6.45, 7) is 2.15. The first-order valence-corrected chi connectivity index (χ1v) is 5.47. The molecule has 1 amide bonds. The van der Waals surface area contributed by atoms with Crippen LogP contribution in [0.5, 0.6) is 0 Å². The second-order valence-corrected chi connectivity index (χ2v) is 3.99. The molecule has 5 heteroatoms. The van der Waals surface area contributed by atoms with E-state index in [1.807, 2.05) is 6.92 Å². The summed E-state index contributed by atoms with van der Waals surface area (Å²) in [7, 11) is 0. The quantitative estimate of drug-likeness (QED) is 0.911. The summed E-state index contributed by atoms with van der Waals surface area (Å²) in [6.07, 6.45) is 1.36. The summed E-state index contributed by atoms with van der Waals surface area (Å²) >= 11 is 5.74. The molecular weight excluding hydrogens is 240 g/mol. The summed E-state index contributed by atoms with van der Waals surface area (Å²) in [6, 6.07) is 6.70. The van der Waals surface area contributed by atoms with E-state index >= 15 is 0 Å². The van der Waals surface area contributed by atoms with Crippen molar-refractivity contribution in [2.45, 2.75) is 13.5 Å². The molecule has 4 nitrogen and oxygen atoms in total. The average molecular weight is 251 g/mol. The Labute approximate surface area is 104 Å². The van der Waals surface area contributed by atoms with Gasteiger partial charge in [0.05, 0.1) is 12.2 Å². The molecule has 0 aliphatic carbocycles. The predicted octanol–water partition coefficient (Wildman–Crippen LogP) is 2.57. The van der Waals surface area contributed by atoms with Crippen molar-refractivity contribution in [1.29, 1.82) is 0 Å². The van der Waals surface area contributed by atoms with Crippen LogP contribution in [0.4, 0.5) is 0 Å². The Hall–Kier alpha value is -1.81. The highest BCUT2D eigenvalue weighted by Gasteiger charge is 2.08. The molecule has 0 saturated heterocycles. The molecule has 0 bridgehead atoms. The highest BCUT2D eigenvalue weighted by atomic mass is 35.5. The molecule has 0 aliphatic rings. The maximum Gasteiger partial charge on any atom is 0.251 e. The first kappa shape index (κ1) is 11.7. The lowest BCUT2D eigenvalue weighted by atomic mass is 10.2. The van der Waals surface area contributed by atoms with Gasteiger partial charge in [0.25, 0.3) is 5.91 Å². The second kappa shape index (κ2) is 5.01. The topological polar surface area (TPSA) is 55.1 Å². The van der Waals surface area contributed by atoms with E-state index in [1.165, 1.54) is 6.39 Å². The van der Waals surface area contributed by atoms with Crippen molar-refractivity contribution in [3.05, 3.63) is 52.7 Å². The lowest BCUT2D eigenvalue weighted by molar-refractivity contribution is 0.0948. The van der Waals surface area contributed by atoms with Crippen LogP contribution < -0.4 is 5.32 Å². The number of oxazole rings is 1. The third kappa shape index (κ3) is 2.85. The molecule has 0 fully saturated rings. The Morgan fingerprint density at radius 1 is 1.41 bits per heavy atom. The zero-order chi connectivity index (χ0) is 12.3. The van der Waals surface area contributed by atoms with E-state index in [4.69, 9.17) is 16.0 Å². The van der Waals surface area contributed by atoms with Crippen LogP contribution in [0.2, 0.25) is 5.02 Å². The molecule has 2 rings (SSSR count). The van der Waals surface area contributed by atoms with Gasteiger partial charge in [-0.05, 0) is 31.2 Å². The number of aromatic nitrogens is 1. The van der Waals surface area contributed by atoms with Crippen LogP contribution in [0.25, 0.3) is 0 Å². The molecule has 88 valence electrons. The minimum Gasteiger partial charge on any atom is -0.446 e. The van der Waals surface area contributed by atoms with Crippen molar-refractivity contribution in [2.24, 2.45) is 0 Å². The second-order valence-electron chi connectivity index (χ2n) is 3.55. The van der Waals surface area contributed by atoms with Crippen molar-refractivity contribution in [1.82, 2.24) is 10.3 Å². The fraction of sp³-hybridized carbons (Fsp3) is 0.167. The first-order chi connectivity index (χ1) is 8.16. The highest BCUT2D eigenvalue weighted by molar-refractivity contribution is 6.30. The first-order valence-electron chi connectivity index (χ1n) is 5.09. The van der Waals surface area contributed by atoms with Crippen LogP contribution in [0, 0.1) is 6.92 Å². The number of rotatable bonds is 3. The third-order valence-electron chi connectivity index (χ3n) is 2.36. The fourth-order valence-corrected chi connectivity index (χ4v) is 1.49. The van der Waals surface area contributed by atoms with Gasteiger partial charge in [0, 0.05) is 10.6 Å². The molecule has 17 heavy (non-hydrogen) atoms. The van der Waals surface area contributed by atoms with Crippen LogP contribution >= 0.6 is 11.6 Å². The van der Waals surface area contributed by atoms with E-state index in [1.54, 1.807) is 24.3 Å². The lowest BCUT2D eigenvalue weighted by Gasteiger charge is -2.03. The number of carbonyl (C=O) groups excluding carboxylic acids is 1. The van der Waals surface area contributed by atoms with Crippen LogP contribution in [0.3, 0.4) is 0 Å². The van der Waals surface area contributed by atoms with Gasteiger partial charge in [0.15, 0.2) is 6.39 Å². The number of nitrogens with one attached hydrogen (secondary N) is 1. The van der Waals surface area contributed by atoms with Gasteiger partial charge in [0.1, 0.15) is 5.76 Å². The third-order valence-corrected chi connectivity index (χ3v) is 2.61. The number of halogens is 1. The molecule has 0 spiro atoms. The average Bonchev–Trinajstić information content (AvgIpc) is 2.73. The number of amides is 1. The van der Waals surface area contributed by atoms with Crippen LogP contribution in [-0.2, 0) is 6.54 Å². The Bertz CT molecular complexity index is 520. The Kier molecular flexibility index (Phi) is 3.44. The molecule has 2 aromatic rings. The van der Waals surface area contributed by atoms with E-state index in [-0.39, 0.29) is 5.91 Å². The molecule has 0 aliphatic heterocycles. The number of hydrogen-bond acceptors (Lipinski definition) is 3. The largest absolute Gasteiger partial charge is 0.446 e. The molecular formula is C12H11ClN2O2. The van der Waals surface area contributed by atoms with Gasteiger partial charge in [-0.1, -0.05) is 11.6 Å². The summed E-state index contributed by atoms with van der Waals surface area (Å²) in [5.41, 5.74) is 1.34. The maximum absolute atomic E-state index is 11.7. The predicted molar refractivity (Wildman–Crippen MR) is 63.9 cm³/mol. The summed E-state index contributed by atoms with van der Waals surface area (Å²) in [5.74, 6) is 0.491. The number of nitrogens with zero attached hydrogens (tertiary/aromatic N) is 1. The van der Waals surface area contributed by atoms with E-state index < -0.39 is 0 Å². The summed E-state index contributed by atoms with van der Waals surface area (Å²) in [5, 5.41) is 3.35. The van der Waals surface area contributed by atoms with Gasteiger partial charge in [-0.3, -0.25) is 4.79 Å². The van der Waals surface area contributed by atoms with Gasteiger partial charge in [-0.25, -0.2) is 4.98 Å². The molecule has 1 aromatic carbocycles. The fourth-order valence-electron chi connectivity index (χ4n) is 1.36. The molecule has 0 unspecified atom stereocenters. The summed E-state index contributed by atoms with van der Waals surface area (Å²) < 4.78 is 5.12. The Balaban J connectivity index is 1.98. The Morgan fingerprint density at radius 3 is 2.71 bits per heavy atom. The molecule has 1 N–H and O–H groups in total. The number of benzene rings is 1. The number of carbonyl (C=O) groups is 1. The summed E-state index contributed by atoms with van der Waals surface area (Å²) in [4.78, 5) is 15.7. The van der Waals surface area contributed by atoms with Gasteiger partial charge in [0.2, 0.25) is 0 Å². The number of aryl methyl sites for hydroxylation is 1. The van der Waals surface area contributed by atoms with E-state index in [0.717, 1.165) is 5.69 Å². The minimum absolute atomic E-state index is 0.169. The smallest absolute Gasteiger partial charge is 0.251 e. The van der Waals surface area contributed by atoms with Crippen LogP contribution in [-0.4, -0.2) is 10.9 Å². The maximum atomic E-state index is 11.7. The minimum atomic E-state index is -0.169. The van der Waals surface area contributed by atoms with Crippen molar-refractivity contribution in [3.63, 3.8) is 0 Å². The van der Waals surface area contributed by atoms with Crippen molar-refractivity contribution in [3.8, 4) is 0 Å². The molecule has 0 saturated carbocycles. The lowest BCUT2D eigenvalue weighted by Crippen LogP contribution is -2.22.